The summed E-state index contributed by atoms with van der Waals surface area (Å²) < 4.78 is 52.0. The standard InChI is InChI=1S/C19H15ClF4N2O2/c20-14-7-11(3-6-15(14)21)17(26-18(28)12-8-16(27)25-9-12)10-1-4-13(5-2-10)19(22,23)24/h1-7,12,17H,8-9H2,(H,25,27)(H,26,28)/t12-,17+/m0/s1. The predicted molar refractivity (Wildman–Crippen MR) is 94.0 cm³/mol. The molecule has 3 rings (SSSR count). The van der Waals surface area contributed by atoms with Gasteiger partial charge in [0.25, 0.3) is 0 Å². The molecule has 0 unspecified atom stereocenters. The fourth-order valence-corrected chi connectivity index (χ4v) is 3.16. The molecule has 28 heavy (non-hydrogen) atoms. The van der Waals surface area contributed by atoms with E-state index < -0.39 is 35.4 Å². The summed E-state index contributed by atoms with van der Waals surface area (Å²) in [5.41, 5.74) is -0.0675. The van der Waals surface area contributed by atoms with Gasteiger partial charge in [-0.2, -0.15) is 13.2 Å². The average Bonchev–Trinajstić information content (AvgIpc) is 3.08. The summed E-state index contributed by atoms with van der Waals surface area (Å²) in [5.74, 6) is -1.95. The van der Waals surface area contributed by atoms with Crippen LogP contribution in [0.4, 0.5) is 17.6 Å². The summed E-state index contributed by atoms with van der Waals surface area (Å²) in [6.45, 7) is 0.175. The van der Waals surface area contributed by atoms with Crippen LogP contribution in [0.15, 0.2) is 42.5 Å². The first-order chi connectivity index (χ1) is 13.1. The smallest absolute Gasteiger partial charge is 0.355 e. The molecular weight excluding hydrogens is 400 g/mol. The van der Waals surface area contributed by atoms with E-state index in [-0.39, 0.29) is 23.9 Å². The van der Waals surface area contributed by atoms with Gasteiger partial charge in [-0.25, -0.2) is 4.39 Å². The van der Waals surface area contributed by atoms with Crippen LogP contribution >= 0.6 is 11.6 Å². The Morgan fingerprint density at radius 2 is 1.79 bits per heavy atom. The maximum absolute atomic E-state index is 13.5. The Kier molecular flexibility index (Phi) is 5.60. The van der Waals surface area contributed by atoms with Gasteiger partial charge in [-0.05, 0) is 35.4 Å². The van der Waals surface area contributed by atoms with Crippen molar-refractivity contribution in [2.24, 2.45) is 5.92 Å². The van der Waals surface area contributed by atoms with Gasteiger partial charge in [0, 0.05) is 13.0 Å². The first-order valence-corrected chi connectivity index (χ1v) is 8.72. The van der Waals surface area contributed by atoms with Crippen LogP contribution < -0.4 is 10.6 Å². The number of carbonyl (C=O) groups is 2. The summed E-state index contributed by atoms with van der Waals surface area (Å²) in [5, 5.41) is 5.09. The number of halogens is 5. The predicted octanol–water partition coefficient (Wildman–Crippen LogP) is 3.84. The lowest BCUT2D eigenvalue weighted by atomic mass is 9.96. The molecule has 4 nitrogen and oxygen atoms in total. The Bertz CT molecular complexity index is 900. The molecule has 2 aromatic carbocycles. The maximum Gasteiger partial charge on any atom is 0.416 e. The van der Waals surface area contributed by atoms with Gasteiger partial charge in [0.2, 0.25) is 11.8 Å². The molecule has 0 bridgehead atoms. The summed E-state index contributed by atoms with van der Waals surface area (Å²) in [6.07, 6.45) is -4.47. The molecule has 2 aromatic rings. The van der Waals surface area contributed by atoms with Crippen molar-refractivity contribution in [1.29, 1.82) is 0 Å². The normalized spacial score (nSPS) is 17.9. The molecule has 1 fully saturated rings. The van der Waals surface area contributed by atoms with Crippen LogP contribution in [0, 0.1) is 11.7 Å². The number of hydrogen-bond donors (Lipinski definition) is 2. The van der Waals surface area contributed by atoms with Crippen molar-refractivity contribution < 1.29 is 27.2 Å². The third-order valence-electron chi connectivity index (χ3n) is 4.48. The Labute approximate surface area is 162 Å². The van der Waals surface area contributed by atoms with Crippen molar-refractivity contribution in [1.82, 2.24) is 10.6 Å². The van der Waals surface area contributed by atoms with Crippen LogP contribution in [0.2, 0.25) is 5.02 Å². The number of alkyl halides is 3. The maximum atomic E-state index is 13.5. The quantitative estimate of drug-likeness (QED) is 0.747. The molecule has 0 spiro atoms. The zero-order chi connectivity index (χ0) is 20.5. The second-order valence-electron chi connectivity index (χ2n) is 6.44. The highest BCUT2D eigenvalue weighted by Crippen LogP contribution is 2.32. The zero-order valence-corrected chi connectivity index (χ0v) is 15.1. The highest BCUT2D eigenvalue weighted by molar-refractivity contribution is 6.30. The minimum Gasteiger partial charge on any atom is -0.355 e. The van der Waals surface area contributed by atoms with Crippen LogP contribution in [0.3, 0.4) is 0 Å². The number of rotatable bonds is 4. The van der Waals surface area contributed by atoms with Gasteiger partial charge < -0.3 is 10.6 Å². The molecule has 1 aliphatic heterocycles. The third kappa shape index (κ3) is 4.44. The number of benzene rings is 2. The van der Waals surface area contributed by atoms with Crippen molar-refractivity contribution in [3.05, 3.63) is 70.0 Å². The van der Waals surface area contributed by atoms with Crippen molar-refractivity contribution >= 4 is 23.4 Å². The first kappa shape index (κ1) is 20.1. The summed E-state index contributed by atoms with van der Waals surface area (Å²) in [7, 11) is 0. The Hall–Kier alpha value is -2.61. The molecule has 2 atom stereocenters. The molecule has 0 saturated carbocycles. The number of nitrogens with one attached hydrogen (secondary N) is 2. The Balaban J connectivity index is 1.93. The van der Waals surface area contributed by atoms with E-state index in [1.807, 2.05) is 0 Å². The van der Waals surface area contributed by atoms with E-state index >= 15 is 0 Å². The van der Waals surface area contributed by atoms with E-state index in [0.29, 0.717) is 11.1 Å². The zero-order valence-electron chi connectivity index (χ0n) is 14.3. The van der Waals surface area contributed by atoms with E-state index in [0.717, 1.165) is 18.2 Å². The van der Waals surface area contributed by atoms with Gasteiger partial charge in [0.15, 0.2) is 0 Å². The fourth-order valence-electron chi connectivity index (χ4n) is 2.97. The number of hydrogen-bond acceptors (Lipinski definition) is 2. The monoisotopic (exact) mass is 414 g/mol. The summed E-state index contributed by atoms with van der Waals surface area (Å²) >= 11 is 5.82. The van der Waals surface area contributed by atoms with Crippen molar-refractivity contribution in [3.63, 3.8) is 0 Å². The SMILES string of the molecule is O=C1C[C@H](C(=O)N[C@H](c2ccc(C(F)(F)F)cc2)c2ccc(F)c(Cl)c2)CN1. The van der Waals surface area contributed by atoms with E-state index in [1.54, 1.807) is 0 Å². The largest absolute Gasteiger partial charge is 0.416 e. The highest BCUT2D eigenvalue weighted by Gasteiger charge is 2.32. The molecule has 9 heteroatoms. The molecular formula is C19H15ClF4N2O2. The third-order valence-corrected chi connectivity index (χ3v) is 4.77. The number of carbonyl (C=O) groups excluding carboxylic acids is 2. The Morgan fingerprint density at radius 1 is 1.14 bits per heavy atom. The van der Waals surface area contributed by atoms with Crippen LogP contribution in [0.1, 0.15) is 29.2 Å². The van der Waals surface area contributed by atoms with Gasteiger partial charge >= 0.3 is 6.18 Å². The topological polar surface area (TPSA) is 58.2 Å². The molecule has 1 heterocycles. The van der Waals surface area contributed by atoms with Crippen LogP contribution in [0.5, 0.6) is 0 Å². The highest BCUT2D eigenvalue weighted by atomic mass is 35.5. The van der Waals surface area contributed by atoms with E-state index in [2.05, 4.69) is 10.6 Å². The minimum atomic E-state index is -4.49. The number of amides is 2. The van der Waals surface area contributed by atoms with Crippen molar-refractivity contribution in [2.75, 3.05) is 6.54 Å². The van der Waals surface area contributed by atoms with E-state index in [4.69, 9.17) is 11.6 Å². The molecule has 0 aliphatic carbocycles. The van der Waals surface area contributed by atoms with Gasteiger partial charge in [-0.1, -0.05) is 29.8 Å². The second kappa shape index (κ2) is 7.79. The first-order valence-electron chi connectivity index (χ1n) is 8.34. The molecule has 2 N–H and O–H groups in total. The fraction of sp³-hybridized carbons (Fsp3) is 0.263. The molecule has 0 radical (unpaired) electrons. The van der Waals surface area contributed by atoms with E-state index in [1.165, 1.54) is 24.3 Å². The van der Waals surface area contributed by atoms with E-state index in [9.17, 15) is 27.2 Å². The summed E-state index contributed by atoms with van der Waals surface area (Å²) in [6, 6.07) is 7.23. The summed E-state index contributed by atoms with van der Waals surface area (Å²) in [4.78, 5) is 23.9. The van der Waals surface area contributed by atoms with Crippen LogP contribution in [-0.4, -0.2) is 18.4 Å². The lowest BCUT2D eigenvalue weighted by molar-refractivity contribution is -0.137. The molecule has 1 aliphatic rings. The minimum absolute atomic E-state index is 0.0236. The lowest BCUT2D eigenvalue weighted by Gasteiger charge is -2.22. The molecule has 2 amide bonds. The van der Waals surface area contributed by atoms with Gasteiger partial charge in [0.05, 0.1) is 22.5 Å². The Morgan fingerprint density at radius 3 is 2.32 bits per heavy atom. The van der Waals surface area contributed by atoms with Gasteiger partial charge in [-0.15, -0.1) is 0 Å². The van der Waals surface area contributed by atoms with Crippen molar-refractivity contribution in [2.45, 2.75) is 18.6 Å². The molecule has 0 aromatic heterocycles. The van der Waals surface area contributed by atoms with Gasteiger partial charge in [0.1, 0.15) is 5.82 Å². The molecule has 148 valence electrons. The van der Waals surface area contributed by atoms with Crippen molar-refractivity contribution in [3.8, 4) is 0 Å². The lowest BCUT2D eigenvalue weighted by Crippen LogP contribution is -2.35. The van der Waals surface area contributed by atoms with Gasteiger partial charge in [-0.3, -0.25) is 9.59 Å². The van der Waals surface area contributed by atoms with Crippen LogP contribution in [0.25, 0.3) is 0 Å². The molecule has 1 saturated heterocycles. The average molecular weight is 415 g/mol. The second-order valence-corrected chi connectivity index (χ2v) is 6.85. The van der Waals surface area contributed by atoms with Crippen LogP contribution in [-0.2, 0) is 15.8 Å².